The Kier molecular flexibility index (Phi) is 6.83. The molecule has 1 aromatic heterocycles. The second-order valence-electron chi connectivity index (χ2n) is 8.53. The van der Waals surface area contributed by atoms with Crippen molar-refractivity contribution in [1.29, 1.82) is 0 Å². The number of amides is 1. The fourth-order valence-electron chi connectivity index (χ4n) is 4.35. The third-order valence-corrected chi connectivity index (χ3v) is 6.91. The van der Waals surface area contributed by atoms with E-state index in [9.17, 15) is 4.79 Å². The Labute approximate surface area is 215 Å². The summed E-state index contributed by atoms with van der Waals surface area (Å²) < 4.78 is 11.9. The first-order chi connectivity index (χ1) is 17.6. The molecule has 4 nitrogen and oxygen atoms in total. The average molecular weight is 494 g/mol. The van der Waals surface area contributed by atoms with Crippen molar-refractivity contribution in [1.82, 2.24) is 0 Å². The monoisotopic (exact) mass is 493 g/mol. The molecule has 0 spiro atoms. The molecular formula is C31H27NO3S. The number of nitrogens with one attached hydrogen (secondary N) is 1. The highest BCUT2D eigenvalue weighted by Gasteiger charge is 2.16. The van der Waals surface area contributed by atoms with Crippen LogP contribution < -0.4 is 10.1 Å². The summed E-state index contributed by atoms with van der Waals surface area (Å²) in [4.78, 5) is 13.9. The second kappa shape index (κ2) is 10.3. The highest BCUT2D eigenvalue weighted by Crippen LogP contribution is 2.38. The number of hydrogen-bond acceptors (Lipinski definition) is 4. The van der Waals surface area contributed by atoms with Crippen LogP contribution in [-0.2, 0) is 4.79 Å². The summed E-state index contributed by atoms with van der Waals surface area (Å²) in [6.07, 6.45) is 5.43. The third kappa shape index (κ3) is 4.88. The Morgan fingerprint density at radius 2 is 1.78 bits per heavy atom. The predicted molar refractivity (Wildman–Crippen MR) is 151 cm³/mol. The van der Waals surface area contributed by atoms with Gasteiger partial charge in [-0.05, 0) is 78.4 Å². The quantitative estimate of drug-likeness (QED) is 0.183. The molecule has 180 valence electrons. The standard InChI is InChI=1S/C31H27NO3S/c1-4-34-29-18-30-27(28(19-35-30)23-10-9-21-7-5-6-8-22(21)16-23)17-26(29)20(2)15-31(33)32-24-11-13-25(36-3)14-12-24/h5-19H,4H2,1-3H3,(H,32,33)/b20-15+. The number of carbonyl (C=O) groups excluding carboxylic acids is 1. The van der Waals surface area contributed by atoms with Gasteiger partial charge in [0.1, 0.15) is 11.3 Å². The second-order valence-corrected chi connectivity index (χ2v) is 9.41. The number of thioether (sulfide) groups is 1. The normalized spacial score (nSPS) is 11.7. The number of benzene rings is 4. The molecule has 1 amide bonds. The Bertz CT molecular complexity index is 1580. The van der Waals surface area contributed by atoms with E-state index in [1.54, 1.807) is 24.1 Å². The first kappa shape index (κ1) is 23.8. The molecule has 5 aromatic rings. The van der Waals surface area contributed by atoms with Crippen LogP contribution in [0.4, 0.5) is 5.69 Å². The van der Waals surface area contributed by atoms with Gasteiger partial charge in [-0.15, -0.1) is 11.8 Å². The molecule has 36 heavy (non-hydrogen) atoms. The highest BCUT2D eigenvalue weighted by molar-refractivity contribution is 7.98. The molecule has 0 atom stereocenters. The molecule has 0 saturated carbocycles. The number of ether oxygens (including phenoxy) is 1. The van der Waals surface area contributed by atoms with Crippen molar-refractivity contribution in [2.75, 3.05) is 18.2 Å². The summed E-state index contributed by atoms with van der Waals surface area (Å²) in [7, 11) is 0. The average Bonchev–Trinajstić information content (AvgIpc) is 3.31. The molecule has 0 bridgehead atoms. The van der Waals surface area contributed by atoms with Gasteiger partial charge in [-0.2, -0.15) is 0 Å². The van der Waals surface area contributed by atoms with E-state index >= 15 is 0 Å². The topological polar surface area (TPSA) is 51.5 Å². The number of hydrogen-bond donors (Lipinski definition) is 1. The van der Waals surface area contributed by atoms with Crippen molar-refractivity contribution in [3.8, 4) is 16.9 Å². The fourth-order valence-corrected chi connectivity index (χ4v) is 4.75. The van der Waals surface area contributed by atoms with E-state index in [1.165, 1.54) is 10.8 Å². The largest absolute Gasteiger partial charge is 0.493 e. The molecule has 0 saturated heterocycles. The van der Waals surface area contributed by atoms with Crippen LogP contribution in [0.2, 0.25) is 0 Å². The predicted octanol–water partition coefficient (Wildman–Crippen LogP) is 8.42. The van der Waals surface area contributed by atoms with Gasteiger partial charge in [-0.3, -0.25) is 4.79 Å². The highest BCUT2D eigenvalue weighted by atomic mass is 32.2. The Balaban J connectivity index is 1.51. The lowest BCUT2D eigenvalue weighted by Gasteiger charge is -2.12. The van der Waals surface area contributed by atoms with E-state index in [2.05, 4.69) is 41.7 Å². The van der Waals surface area contributed by atoms with E-state index < -0.39 is 0 Å². The summed E-state index contributed by atoms with van der Waals surface area (Å²) in [6.45, 7) is 4.38. The minimum Gasteiger partial charge on any atom is -0.493 e. The van der Waals surface area contributed by atoms with Gasteiger partial charge in [-0.1, -0.05) is 36.4 Å². The molecular weight excluding hydrogens is 466 g/mol. The first-order valence-electron chi connectivity index (χ1n) is 11.9. The van der Waals surface area contributed by atoms with Crippen molar-refractivity contribution >= 4 is 50.7 Å². The van der Waals surface area contributed by atoms with Crippen molar-refractivity contribution in [2.24, 2.45) is 0 Å². The van der Waals surface area contributed by atoms with Crippen LogP contribution in [0.5, 0.6) is 5.75 Å². The SMILES string of the molecule is CCOc1cc2occ(-c3ccc4ccccc4c3)c2cc1/C(C)=C/C(=O)Nc1ccc(SC)cc1. The number of furan rings is 1. The molecule has 0 aliphatic heterocycles. The van der Waals surface area contributed by atoms with Gasteiger partial charge < -0.3 is 14.5 Å². The van der Waals surface area contributed by atoms with Gasteiger partial charge in [0.25, 0.3) is 0 Å². The van der Waals surface area contributed by atoms with Crippen LogP contribution in [0.25, 0.3) is 38.4 Å². The van der Waals surface area contributed by atoms with Crippen LogP contribution in [-0.4, -0.2) is 18.8 Å². The van der Waals surface area contributed by atoms with Crippen molar-refractivity contribution in [2.45, 2.75) is 18.7 Å². The third-order valence-electron chi connectivity index (χ3n) is 6.17. The van der Waals surface area contributed by atoms with E-state index in [0.29, 0.717) is 12.4 Å². The fraction of sp³-hybridized carbons (Fsp3) is 0.129. The smallest absolute Gasteiger partial charge is 0.248 e. The van der Waals surface area contributed by atoms with E-state index in [0.717, 1.165) is 43.8 Å². The zero-order chi connectivity index (χ0) is 25.1. The lowest BCUT2D eigenvalue weighted by molar-refractivity contribution is -0.111. The summed E-state index contributed by atoms with van der Waals surface area (Å²) in [5.74, 6) is 0.504. The molecule has 0 fully saturated rings. The lowest BCUT2D eigenvalue weighted by atomic mass is 9.97. The zero-order valence-electron chi connectivity index (χ0n) is 20.5. The van der Waals surface area contributed by atoms with Gasteiger partial charge >= 0.3 is 0 Å². The van der Waals surface area contributed by atoms with E-state index in [4.69, 9.17) is 9.15 Å². The summed E-state index contributed by atoms with van der Waals surface area (Å²) in [5.41, 5.74) is 5.26. The maximum absolute atomic E-state index is 12.8. The van der Waals surface area contributed by atoms with Gasteiger partial charge in [0.2, 0.25) is 5.91 Å². The van der Waals surface area contributed by atoms with Crippen molar-refractivity contribution in [3.05, 3.63) is 96.8 Å². The molecule has 1 N–H and O–H groups in total. The Morgan fingerprint density at radius 1 is 1.00 bits per heavy atom. The van der Waals surface area contributed by atoms with Crippen LogP contribution in [0.15, 0.2) is 101 Å². The lowest BCUT2D eigenvalue weighted by Crippen LogP contribution is -2.08. The van der Waals surface area contributed by atoms with Gasteiger partial charge in [0.05, 0.1) is 12.9 Å². The number of allylic oxidation sites excluding steroid dienone is 1. The Morgan fingerprint density at radius 3 is 2.53 bits per heavy atom. The van der Waals surface area contributed by atoms with E-state index in [-0.39, 0.29) is 5.91 Å². The minimum atomic E-state index is -0.186. The van der Waals surface area contributed by atoms with Crippen molar-refractivity contribution < 1.29 is 13.9 Å². The van der Waals surface area contributed by atoms with Crippen LogP contribution in [0.3, 0.4) is 0 Å². The summed E-state index contributed by atoms with van der Waals surface area (Å²) in [5, 5.41) is 6.29. The number of rotatable bonds is 7. The van der Waals surface area contributed by atoms with E-state index in [1.807, 2.05) is 62.6 Å². The van der Waals surface area contributed by atoms with Gasteiger partial charge in [0.15, 0.2) is 0 Å². The van der Waals surface area contributed by atoms with Gasteiger partial charge in [-0.25, -0.2) is 0 Å². The first-order valence-corrected chi connectivity index (χ1v) is 13.1. The summed E-state index contributed by atoms with van der Waals surface area (Å²) in [6, 6.07) is 26.5. The van der Waals surface area contributed by atoms with Crippen LogP contribution in [0, 0.1) is 0 Å². The number of fused-ring (bicyclic) bond motifs is 2. The molecule has 0 aliphatic carbocycles. The number of anilines is 1. The summed E-state index contributed by atoms with van der Waals surface area (Å²) >= 11 is 1.67. The molecule has 0 radical (unpaired) electrons. The van der Waals surface area contributed by atoms with Crippen LogP contribution >= 0.6 is 11.8 Å². The molecule has 5 heteroatoms. The molecule has 4 aromatic carbocycles. The molecule has 5 rings (SSSR count). The molecule has 1 heterocycles. The van der Waals surface area contributed by atoms with Crippen molar-refractivity contribution in [3.63, 3.8) is 0 Å². The molecule has 0 aliphatic rings. The Hall–Kier alpha value is -3.96. The zero-order valence-corrected chi connectivity index (χ0v) is 21.3. The minimum absolute atomic E-state index is 0.186. The maximum atomic E-state index is 12.8. The van der Waals surface area contributed by atoms with Gasteiger partial charge in [0, 0.05) is 39.2 Å². The van der Waals surface area contributed by atoms with Crippen LogP contribution in [0.1, 0.15) is 19.4 Å². The maximum Gasteiger partial charge on any atom is 0.248 e. The molecule has 0 unspecified atom stereocenters. The number of carbonyl (C=O) groups is 1.